The van der Waals surface area contributed by atoms with Crippen LogP contribution in [0.3, 0.4) is 0 Å². The Kier molecular flexibility index (Phi) is 3.49. The van der Waals surface area contributed by atoms with Crippen LogP contribution in [-0.2, 0) is 0 Å². The minimum atomic E-state index is -4.76. The van der Waals surface area contributed by atoms with E-state index < -0.39 is 16.3 Å². The molecule has 0 atom stereocenters. The first kappa shape index (κ1) is 13.8. The molecule has 0 saturated heterocycles. The van der Waals surface area contributed by atoms with Gasteiger partial charge in [-0.2, -0.15) is 13.2 Å². The molecule has 1 aromatic rings. The Hall–Kier alpha value is -1.63. The number of nitro benzene ring substituents is 1. The highest BCUT2D eigenvalue weighted by atomic mass is 35.5. The first-order valence-corrected chi connectivity index (χ1v) is 5.76. The van der Waals surface area contributed by atoms with Crippen LogP contribution in [-0.4, -0.2) is 16.3 Å². The van der Waals surface area contributed by atoms with Crippen LogP contribution in [0.2, 0.25) is 0 Å². The first-order valence-electron chi connectivity index (χ1n) is 5.39. The number of benzene rings is 1. The summed E-state index contributed by atoms with van der Waals surface area (Å²) in [6.45, 7) is 0. The van der Waals surface area contributed by atoms with Crippen LogP contribution < -0.4 is 0 Å². The first-order chi connectivity index (χ1) is 8.79. The van der Waals surface area contributed by atoms with Gasteiger partial charge >= 0.3 is 6.18 Å². The monoisotopic (exact) mass is 292 g/mol. The summed E-state index contributed by atoms with van der Waals surface area (Å²) in [5.74, 6) is 0.109. The third kappa shape index (κ3) is 3.23. The van der Waals surface area contributed by atoms with Gasteiger partial charge in [0.1, 0.15) is 0 Å². The number of nitro groups is 1. The van der Waals surface area contributed by atoms with E-state index in [1.165, 1.54) is 12.1 Å². The van der Waals surface area contributed by atoms with Crippen molar-refractivity contribution in [2.75, 3.05) is 0 Å². The highest BCUT2D eigenvalue weighted by Gasteiger charge is 2.35. The van der Waals surface area contributed by atoms with Gasteiger partial charge in [-0.15, -0.1) is 0 Å². The molecule has 8 heteroatoms. The van der Waals surface area contributed by atoms with Crippen LogP contribution in [0.4, 0.5) is 24.5 Å². The zero-order valence-corrected chi connectivity index (χ0v) is 10.2. The van der Waals surface area contributed by atoms with Crippen LogP contribution in [0.1, 0.15) is 24.3 Å². The normalized spacial score (nSPS) is 16.5. The molecule has 102 valence electrons. The quantitative estimate of drug-likeness (QED) is 0.474. The zero-order chi connectivity index (χ0) is 14.2. The third-order valence-corrected chi connectivity index (χ3v) is 2.99. The van der Waals surface area contributed by atoms with Crippen molar-refractivity contribution < 1.29 is 18.1 Å². The molecule has 0 aromatic heterocycles. The highest BCUT2D eigenvalue weighted by Crippen LogP contribution is 2.45. The molecule has 0 amide bonds. The second kappa shape index (κ2) is 4.80. The molecule has 2 rings (SSSR count). The third-order valence-electron chi connectivity index (χ3n) is 2.69. The Morgan fingerprint density at radius 1 is 1.42 bits per heavy atom. The van der Waals surface area contributed by atoms with E-state index in [9.17, 15) is 23.3 Å². The van der Waals surface area contributed by atoms with E-state index in [2.05, 4.69) is 4.99 Å². The van der Waals surface area contributed by atoms with Gasteiger partial charge in [0.15, 0.2) is 0 Å². The van der Waals surface area contributed by atoms with E-state index in [-0.39, 0.29) is 17.3 Å². The summed E-state index contributed by atoms with van der Waals surface area (Å²) in [6, 6.07) is 3.71. The maximum Gasteiger partial charge on any atom is 0.444 e. The summed E-state index contributed by atoms with van der Waals surface area (Å²) in [5.41, 5.74) is 0.168. The molecule has 0 radical (unpaired) electrons. The Labute approximate surface area is 111 Å². The maximum atomic E-state index is 12.3. The van der Waals surface area contributed by atoms with Crippen molar-refractivity contribution in [3.8, 4) is 0 Å². The van der Waals surface area contributed by atoms with Gasteiger partial charge in [-0.1, -0.05) is 11.6 Å². The van der Waals surface area contributed by atoms with Crippen LogP contribution in [0.5, 0.6) is 0 Å². The molecule has 0 bridgehead atoms. The lowest BCUT2D eigenvalue weighted by Gasteiger charge is -2.07. The maximum absolute atomic E-state index is 12.3. The number of nitrogens with zero attached hydrogens (tertiary/aromatic N) is 2. The molecule has 1 aliphatic carbocycles. The van der Waals surface area contributed by atoms with E-state index in [1.54, 1.807) is 0 Å². The van der Waals surface area contributed by atoms with E-state index >= 15 is 0 Å². The number of aliphatic imine (C=N–C) groups is 1. The fraction of sp³-hybridized carbons (Fsp3) is 0.364. The molecular formula is C11H8ClF3N2O2. The van der Waals surface area contributed by atoms with Crippen molar-refractivity contribution in [3.05, 3.63) is 33.9 Å². The molecule has 0 heterocycles. The molecule has 1 aromatic carbocycles. The predicted octanol–water partition coefficient (Wildman–Crippen LogP) is 4.30. The fourth-order valence-corrected chi connectivity index (χ4v) is 1.74. The average Bonchev–Trinajstić information content (AvgIpc) is 3.11. The van der Waals surface area contributed by atoms with Crippen molar-refractivity contribution in [2.24, 2.45) is 4.99 Å². The second-order valence-corrected chi connectivity index (χ2v) is 4.53. The van der Waals surface area contributed by atoms with Crippen molar-refractivity contribution in [1.82, 2.24) is 0 Å². The standard InChI is InChI=1S/C11H8ClF3N2O2/c12-10(11(13,14)15)16-9-5-7(17(18)19)3-4-8(9)6-1-2-6/h3-6H,1-2H2. The van der Waals surface area contributed by atoms with Gasteiger partial charge in [-0.25, -0.2) is 4.99 Å². The second-order valence-electron chi connectivity index (χ2n) is 4.17. The molecule has 0 spiro atoms. The van der Waals surface area contributed by atoms with Crippen LogP contribution in [0, 0.1) is 10.1 Å². The minimum absolute atomic E-state index is 0.0842. The lowest BCUT2D eigenvalue weighted by molar-refractivity contribution is -0.384. The minimum Gasteiger partial charge on any atom is -0.258 e. The van der Waals surface area contributed by atoms with Crippen molar-refractivity contribution in [2.45, 2.75) is 24.9 Å². The largest absolute Gasteiger partial charge is 0.444 e. The number of alkyl halides is 3. The number of halogens is 4. The van der Waals surface area contributed by atoms with Gasteiger partial charge in [0, 0.05) is 12.1 Å². The lowest BCUT2D eigenvalue weighted by Crippen LogP contribution is -2.16. The van der Waals surface area contributed by atoms with Gasteiger partial charge < -0.3 is 0 Å². The molecule has 1 fully saturated rings. The van der Waals surface area contributed by atoms with E-state index in [1.807, 2.05) is 0 Å². The predicted molar refractivity (Wildman–Crippen MR) is 64.1 cm³/mol. The highest BCUT2D eigenvalue weighted by molar-refractivity contribution is 6.67. The molecule has 0 aliphatic heterocycles. The van der Waals surface area contributed by atoms with E-state index in [0.717, 1.165) is 18.9 Å². The summed E-state index contributed by atoms with van der Waals surface area (Å²) in [7, 11) is 0. The SMILES string of the molecule is O=[N+]([O-])c1ccc(C2CC2)c(N=C(Cl)C(F)(F)F)c1. The van der Waals surface area contributed by atoms with Gasteiger partial charge in [0.05, 0.1) is 10.6 Å². The Bertz CT molecular complexity index is 553. The van der Waals surface area contributed by atoms with Crippen LogP contribution in [0.25, 0.3) is 0 Å². The van der Waals surface area contributed by atoms with Gasteiger partial charge in [0.25, 0.3) is 5.69 Å². The van der Waals surface area contributed by atoms with Crippen LogP contribution >= 0.6 is 11.6 Å². The number of hydrogen-bond donors (Lipinski definition) is 0. The summed E-state index contributed by atoms with van der Waals surface area (Å²) in [4.78, 5) is 13.2. The molecule has 4 nitrogen and oxygen atoms in total. The Morgan fingerprint density at radius 2 is 2.05 bits per heavy atom. The van der Waals surface area contributed by atoms with Gasteiger partial charge in [-0.3, -0.25) is 10.1 Å². The summed E-state index contributed by atoms with van der Waals surface area (Å²) >= 11 is 5.08. The van der Waals surface area contributed by atoms with Gasteiger partial charge in [-0.05, 0) is 30.4 Å². The molecule has 19 heavy (non-hydrogen) atoms. The summed E-state index contributed by atoms with van der Waals surface area (Å²) in [5, 5.41) is 9.10. The molecule has 1 aliphatic rings. The van der Waals surface area contributed by atoms with Crippen molar-refractivity contribution in [3.63, 3.8) is 0 Å². The smallest absolute Gasteiger partial charge is 0.258 e. The summed E-state index contributed by atoms with van der Waals surface area (Å²) < 4.78 is 37.0. The van der Waals surface area contributed by atoms with E-state index in [0.29, 0.717) is 5.56 Å². The Balaban J connectivity index is 2.46. The average molecular weight is 293 g/mol. The Morgan fingerprint density at radius 3 is 2.53 bits per heavy atom. The number of non-ortho nitro benzene ring substituents is 1. The number of rotatable bonds is 3. The van der Waals surface area contributed by atoms with Crippen molar-refractivity contribution in [1.29, 1.82) is 0 Å². The zero-order valence-electron chi connectivity index (χ0n) is 9.45. The number of hydrogen-bond acceptors (Lipinski definition) is 3. The molecule has 0 unspecified atom stereocenters. The topological polar surface area (TPSA) is 55.5 Å². The molecular weight excluding hydrogens is 285 g/mol. The molecule has 1 saturated carbocycles. The van der Waals surface area contributed by atoms with E-state index in [4.69, 9.17) is 11.6 Å². The molecule has 0 N–H and O–H groups in total. The van der Waals surface area contributed by atoms with Crippen LogP contribution in [0.15, 0.2) is 23.2 Å². The summed E-state index contributed by atoms with van der Waals surface area (Å²) in [6.07, 6.45) is -3.08. The van der Waals surface area contributed by atoms with Crippen molar-refractivity contribution >= 4 is 28.1 Å². The fourth-order valence-electron chi connectivity index (χ4n) is 1.65. The lowest BCUT2D eigenvalue weighted by atomic mass is 10.1. The van der Waals surface area contributed by atoms with Gasteiger partial charge in [0.2, 0.25) is 5.17 Å².